The molecule has 1 saturated heterocycles. The van der Waals surface area contributed by atoms with Crippen molar-refractivity contribution < 1.29 is 5.11 Å². The van der Waals surface area contributed by atoms with Gasteiger partial charge in [0.2, 0.25) is 0 Å². The Morgan fingerprint density at radius 1 is 1.27 bits per heavy atom. The van der Waals surface area contributed by atoms with Crippen molar-refractivity contribution in [1.29, 1.82) is 0 Å². The molecule has 1 aliphatic rings. The van der Waals surface area contributed by atoms with E-state index in [9.17, 15) is 5.11 Å². The van der Waals surface area contributed by atoms with Gasteiger partial charge in [0.25, 0.3) is 0 Å². The standard InChI is InChI=1S/C18H13BrClN3OS2/c19-10-7-15(26-9-10)17-16(12-3-1-2-6-21-12)22-18(25)23(17)13-8-11(20)4-5-14(13)24/h1-9,16-17,24H,(H,22,25)/t16-,17-/m0/s1. The van der Waals surface area contributed by atoms with E-state index < -0.39 is 0 Å². The maximum atomic E-state index is 10.4. The highest BCUT2D eigenvalue weighted by Crippen LogP contribution is 2.46. The minimum atomic E-state index is -0.155. The molecule has 0 radical (unpaired) electrons. The number of thiophene rings is 1. The van der Waals surface area contributed by atoms with Gasteiger partial charge in [-0.1, -0.05) is 17.7 Å². The molecule has 1 aromatic carbocycles. The van der Waals surface area contributed by atoms with Gasteiger partial charge in [0.1, 0.15) is 5.75 Å². The number of anilines is 1. The highest BCUT2D eigenvalue weighted by Gasteiger charge is 2.42. The van der Waals surface area contributed by atoms with E-state index in [0.29, 0.717) is 15.8 Å². The van der Waals surface area contributed by atoms with Gasteiger partial charge in [-0.15, -0.1) is 11.3 Å². The molecule has 1 fully saturated rings. The van der Waals surface area contributed by atoms with Gasteiger partial charge in [-0.2, -0.15) is 0 Å². The zero-order valence-corrected chi connectivity index (χ0v) is 17.2. The van der Waals surface area contributed by atoms with Crippen LogP contribution in [0.3, 0.4) is 0 Å². The molecule has 0 unspecified atom stereocenters. The molecule has 8 heteroatoms. The first-order chi connectivity index (χ1) is 12.5. The molecule has 26 heavy (non-hydrogen) atoms. The molecule has 2 N–H and O–H groups in total. The second-order valence-electron chi connectivity index (χ2n) is 5.80. The summed E-state index contributed by atoms with van der Waals surface area (Å²) >= 11 is 16.9. The number of phenols is 1. The lowest BCUT2D eigenvalue weighted by atomic mass is 10.0. The van der Waals surface area contributed by atoms with Crippen molar-refractivity contribution >= 4 is 61.9 Å². The minimum absolute atomic E-state index is 0.126. The number of aromatic nitrogens is 1. The van der Waals surface area contributed by atoms with Gasteiger partial charge in [0, 0.05) is 25.9 Å². The van der Waals surface area contributed by atoms with Crippen molar-refractivity contribution in [3.8, 4) is 5.75 Å². The van der Waals surface area contributed by atoms with Crippen LogP contribution in [-0.4, -0.2) is 15.2 Å². The zero-order valence-electron chi connectivity index (χ0n) is 13.3. The SMILES string of the molecule is Oc1ccc(Cl)cc1N1C(=S)N[C@@H](c2ccccn2)[C@@H]1c1cc(Br)cs1. The maximum Gasteiger partial charge on any atom is 0.174 e. The first-order valence-corrected chi connectivity index (χ1v) is 10.2. The molecular formula is C18H13BrClN3OS2. The van der Waals surface area contributed by atoms with Gasteiger partial charge in [-0.3, -0.25) is 4.98 Å². The van der Waals surface area contributed by atoms with Crippen molar-refractivity contribution in [2.45, 2.75) is 12.1 Å². The van der Waals surface area contributed by atoms with Gasteiger partial charge >= 0.3 is 0 Å². The molecule has 0 saturated carbocycles. The summed E-state index contributed by atoms with van der Waals surface area (Å²) in [6.07, 6.45) is 1.76. The summed E-state index contributed by atoms with van der Waals surface area (Å²) in [6.45, 7) is 0. The lowest BCUT2D eigenvalue weighted by Crippen LogP contribution is -2.29. The van der Waals surface area contributed by atoms with Crippen LogP contribution in [-0.2, 0) is 0 Å². The number of hydrogen-bond donors (Lipinski definition) is 2. The number of thiocarbonyl (C=S) groups is 1. The molecule has 0 spiro atoms. The number of halogens is 2. The number of hydrogen-bond acceptors (Lipinski definition) is 4. The van der Waals surface area contributed by atoms with Gasteiger partial charge in [0.05, 0.1) is 23.5 Å². The summed E-state index contributed by atoms with van der Waals surface area (Å²) in [5.41, 5.74) is 1.45. The van der Waals surface area contributed by atoms with Crippen LogP contribution in [0.15, 0.2) is 58.5 Å². The summed E-state index contributed by atoms with van der Waals surface area (Å²) in [7, 11) is 0. The molecule has 3 aromatic rings. The maximum absolute atomic E-state index is 10.4. The Balaban J connectivity index is 1.86. The predicted molar refractivity (Wildman–Crippen MR) is 113 cm³/mol. The number of benzene rings is 1. The van der Waals surface area contributed by atoms with Crippen LogP contribution in [0.25, 0.3) is 0 Å². The molecule has 4 rings (SSSR count). The third kappa shape index (κ3) is 3.20. The van der Waals surface area contributed by atoms with Crippen LogP contribution < -0.4 is 10.2 Å². The highest BCUT2D eigenvalue weighted by molar-refractivity contribution is 9.10. The van der Waals surface area contributed by atoms with Crippen molar-refractivity contribution in [2.75, 3.05) is 4.90 Å². The second-order valence-corrected chi connectivity index (χ2v) is 8.48. The molecule has 0 aliphatic carbocycles. The summed E-state index contributed by atoms with van der Waals surface area (Å²) in [5.74, 6) is 0.126. The van der Waals surface area contributed by atoms with E-state index in [2.05, 4.69) is 32.3 Å². The summed E-state index contributed by atoms with van der Waals surface area (Å²) in [5, 5.41) is 16.9. The van der Waals surface area contributed by atoms with Crippen LogP contribution in [0.1, 0.15) is 22.7 Å². The molecule has 4 nitrogen and oxygen atoms in total. The summed E-state index contributed by atoms with van der Waals surface area (Å²) in [6, 6.07) is 12.5. The van der Waals surface area contributed by atoms with E-state index >= 15 is 0 Å². The van der Waals surface area contributed by atoms with Crippen LogP contribution in [0.4, 0.5) is 5.69 Å². The Kier molecular flexibility index (Phi) is 4.88. The average Bonchev–Trinajstić information content (AvgIpc) is 3.21. The van der Waals surface area contributed by atoms with E-state index in [0.717, 1.165) is 15.0 Å². The van der Waals surface area contributed by atoms with Crippen molar-refractivity contribution in [2.24, 2.45) is 0 Å². The monoisotopic (exact) mass is 465 g/mol. The fourth-order valence-electron chi connectivity index (χ4n) is 3.08. The minimum Gasteiger partial charge on any atom is -0.506 e. The van der Waals surface area contributed by atoms with Gasteiger partial charge in [-0.05, 0) is 64.5 Å². The van der Waals surface area contributed by atoms with E-state index in [1.54, 1.807) is 35.7 Å². The third-order valence-corrected chi connectivity index (χ3v) is 6.49. The summed E-state index contributed by atoms with van der Waals surface area (Å²) < 4.78 is 1.00. The van der Waals surface area contributed by atoms with Crippen molar-refractivity contribution in [3.05, 3.63) is 74.1 Å². The number of nitrogens with one attached hydrogen (secondary N) is 1. The zero-order chi connectivity index (χ0) is 18.3. The Morgan fingerprint density at radius 3 is 2.81 bits per heavy atom. The van der Waals surface area contributed by atoms with Crippen molar-refractivity contribution in [3.63, 3.8) is 0 Å². The largest absolute Gasteiger partial charge is 0.506 e. The first-order valence-electron chi connectivity index (χ1n) is 7.77. The normalized spacial score (nSPS) is 19.6. The van der Waals surface area contributed by atoms with E-state index in [1.807, 2.05) is 28.5 Å². The Morgan fingerprint density at radius 2 is 2.12 bits per heavy atom. The van der Waals surface area contributed by atoms with E-state index in [-0.39, 0.29) is 17.8 Å². The third-order valence-electron chi connectivity index (χ3n) is 4.17. The molecular weight excluding hydrogens is 454 g/mol. The van der Waals surface area contributed by atoms with Crippen molar-refractivity contribution in [1.82, 2.24) is 10.3 Å². The fourth-order valence-corrected chi connectivity index (χ4v) is 5.15. The lowest BCUT2D eigenvalue weighted by molar-refractivity contribution is 0.473. The number of pyridine rings is 1. The van der Waals surface area contributed by atoms with Gasteiger partial charge in [-0.25, -0.2) is 0 Å². The Hall–Kier alpha value is -1.67. The topological polar surface area (TPSA) is 48.4 Å². The average molecular weight is 467 g/mol. The Bertz CT molecular complexity index is 966. The lowest BCUT2D eigenvalue weighted by Gasteiger charge is -2.27. The molecule has 1 aliphatic heterocycles. The highest BCUT2D eigenvalue weighted by atomic mass is 79.9. The molecule has 0 bridgehead atoms. The predicted octanol–water partition coefficient (Wildman–Crippen LogP) is 5.44. The van der Waals surface area contributed by atoms with E-state index in [4.69, 9.17) is 23.8 Å². The summed E-state index contributed by atoms with van der Waals surface area (Å²) in [4.78, 5) is 7.51. The smallest absolute Gasteiger partial charge is 0.174 e. The fraction of sp³-hybridized carbons (Fsp3) is 0.111. The number of aromatic hydroxyl groups is 1. The number of rotatable bonds is 3. The van der Waals surface area contributed by atoms with Gasteiger partial charge < -0.3 is 15.3 Å². The van der Waals surface area contributed by atoms with Crippen LogP contribution in [0, 0.1) is 0 Å². The molecule has 2 aromatic heterocycles. The van der Waals surface area contributed by atoms with Gasteiger partial charge in [0.15, 0.2) is 5.11 Å². The molecule has 3 heterocycles. The van der Waals surface area contributed by atoms with Crippen LogP contribution in [0.2, 0.25) is 5.02 Å². The molecule has 0 amide bonds. The second kappa shape index (κ2) is 7.15. The first kappa shape index (κ1) is 17.7. The molecule has 2 atom stereocenters. The number of phenolic OH excluding ortho intramolecular Hbond substituents is 1. The quantitative estimate of drug-likeness (QED) is 0.503. The molecule has 132 valence electrons. The van der Waals surface area contributed by atoms with Crippen LogP contribution >= 0.6 is 51.1 Å². The Labute approximate surface area is 173 Å². The van der Waals surface area contributed by atoms with Crippen LogP contribution in [0.5, 0.6) is 5.75 Å². The van der Waals surface area contributed by atoms with E-state index in [1.165, 1.54) is 0 Å². The number of nitrogens with zero attached hydrogens (tertiary/aromatic N) is 2.